The molecule has 0 rings (SSSR count). The van der Waals surface area contributed by atoms with Gasteiger partial charge >= 0.3 is 0 Å². The van der Waals surface area contributed by atoms with Crippen molar-refractivity contribution >= 4 is 0 Å². The molecule has 0 aliphatic rings. The van der Waals surface area contributed by atoms with Gasteiger partial charge in [0.2, 0.25) is 0 Å². The van der Waals surface area contributed by atoms with E-state index in [0.717, 1.165) is 78.2 Å². The molecule has 0 radical (unpaired) electrons. The van der Waals surface area contributed by atoms with Gasteiger partial charge in [0.05, 0.1) is 0 Å². The van der Waals surface area contributed by atoms with Crippen molar-refractivity contribution in [2.45, 2.75) is 19.3 Å². The van der Waals surface area contributed by atoms with Crippen molar-refractivity contribution in [1.29, 1.82) is 0 Å². The smallest absolute Gasteiger partial charge is 0.00767 e. The molecule has 7 nitrogen and oxygen atoms in total. The van der Waals surface area contributed by atoms with Gasteiger partial charge in [-0.3, -0.25) is 0 Å². The molecular formula is C13H37N7. The molecule has 0 aromatic heterocycles. The highest BCUT2D eigenvalue weighted by molar-refractivity contribution is 4.53. The maximum Gasteiger partial charge on any atom is 0.00767 e. The second-order valence-corrected chi connectivity index (χ2v) is 4.47. The van der Waals surface area contributed by atoms with Crippen LogP contribution in [0, 0.1) is 0 Å². The summed E-state index contributed by atoms with van der Waals surface area (Å²) in [7, 11) is 0. The van der Waals surface area contributed by atoms with Gasteiger partial charge in [0.15, 0.2) is 0 Å². The second-order valence-electron chi connectivity index (χ2n) is 4.47. The summed E-state index contributed by atoms with van der Waals surface area (Å²) in [4.78, 5) is 0. The molecule has 0 bridgehead atoms. The molecule has 0 heterocycles. The van der Waals surface area contributed by atoms with Crippen LogP contribution in [0.2, 0.25) is 0 Å². The topological polar surface area (TPSA) is 140 Å². The van der Waals surface area contributed by atoms with Crippen LogP contribution in [0.4, 0.5) is 0 Å². The quantitative estimate of drug-likeness (QED) is 0.179. The first kappa shape index (κ1) is 22.0. The van der Waals surface area contributed by atoms with Crippen molar-refractivity contribution in [3.8, 4) is 0 Å². The van der Waals surface area contributed by atoms with Crippen LogP contribution < -0.4 is 38.9 Å². The monoisotopic (exact) mass is 291 g/mol. The van der Waals surface area contributed by atoms with Crippen LogP contribution in [0.15, 0.2) is 0 Å². The zero-order chi connectivity index (χ0) is 15.3. The molecule has 0 fully saturated rings. The van der Waals surface area contributed by atoms with Crippen molar-refractivity contribution in [3.05, 3.63) is 0 Å². The van der Waals surface area contributed by atoms with Gasteiger partial charge in [-0.2, -0.15) is 0 Å². The number of nitrogens with two attached hydrogens (primary N) is 4. The van der Waals surface area contributed by atoms with Crippen LogP contribution in [0.5, 0.6) is 0 Å². The van der Waals surface area contributed by atoms with E-state index >= 15 is 0 Å². The lowest BCUT2D eigenvalue weighted by Gasteiger charge is -2.04. The van der Waals surface area contributed by atoms with Crippen LogP contribution >= 0.6 is 0 Å². The van der Waals surface area contributed by atoms with E-state index in [4.69, 9.17) is 22.9 Å². The first-order chi connectivity index (χ1) is 9.83. The largest absolute Gasteiger partial charge is 0.330 e. The highest BCUT2D eigenvalue weighted by Crippen LogP contribution is 1.70. The van der Waals surface area contributed by atoms with Gasteiger partial charge < -0.3 is 38.9 Å². The summed E-state index contributed by atoms with van der Waals surface area (Å²) in [6.07, 6.45) is 3.16. The van der Waals surface area contributed by atoms with Crippen LogP contribution in [0.3, 0.4) is 0 Å². The van der Waals surface area contributed by atoms with E-state index in [9.17, 15) is 0 Å². The summed E-state index contributed by atoms with van der Waals surface area (Å²) in [5.74, 6) is 0. The Hall–Kier alpha value is -0.280. The lowest BCUT2D eigenvalue weighted by Crippen LogP contribution is -2.29. The molecule has 20 heavy (non-hydrogen) atoms. The average molecular weight is 291 g/mol. The lowest BCUT2D eigenvalue weighted by molar-refractivity contribution is 0.590. The van der Waals surface area contributed by atoms with Crippen molar-refractivity contribution in [3.63, 3.8) is 0 Å². The summed E-state index contributed by atoms with van der Waals surface area (Å²) in [5, 5.41) is 9.71. The van der Waals surface area contributed by atoms with Gasteiger partial charge in [-0.05, 0) is 58.5 Å². The summed E-state index contributed by atoms with van der Waals surface area (Å²) in [6.45, 7) is 9.00. The minimum atomic E-state index is 0.713. The predicted molar refractivity (Wildman–Crippen MR) is 88.7 cm³/mol. The molecule has 124 valence electrons. The van der Waals surface area contributed by atoms with E-state index in [0.29, 0.717) is 6.54 Å². The number of rotatable bonds is 14. The molecule has 0 aliphatic heterocycles. The zero-order valence-corrected chi connectivity index (χ0v) is 13.0. The number of nitrogens with one attached hydrogen (secondary N) is 3. The van der Waals surface area contributed by atoms with Crippen molar-refractivity contribution in [2.24, 2.45) is 22.9 Å². The second kappa shape index (κ2) is 23.8. The Morgan fingerprint density at radius 1 is 0.400 bits per heavy atom. The summed E-state index contributed by atoms with van der Waals surface area (Å²) in [6, 6.07) is 0. The minimum absolute atomic E-state index is 0.713. The third-order valence-corrected chi connectivity index (χ3v) is 2.47. The molecular weight excluding hydrogens is 254 g/mol. The van der Waals surface area contributed by atoms with Crippen molar-refractivity contribution in [2.75, 3.05) is 65.4 Å². The Balaban J connectivity index is 0. The van der Waals surface area contributed by atoms with E-state index < -0.39 is 0 Å². The predicted octanol–water partition coefficient (Wildman–Crippen LogP) is -2.25. The normalized spacial score (nSPS) is 10.2. The Bertz CT molecular complexity index is 131. The van der Waals surface area contributed by atoms with E-state index in [2.05, 4.69) is 16.0 Å². The lowest BCUT2D eigenvalue weighted by atomic mass is 10.4. The van der Waals surface area contributed by atoms with Gasteiger partial charge in [0.1, 0.15) is 0 Å². The van der Waals surface area contributed by atoms with E-state index in [1.54, 1.807) is 0 Å². The maximum atomic E-state index is 5.34. The van der Waals surface area contributed by atoms with E-state index in [1.165, 1.54) is 0 Å². The zero-order valence-electron chi connectivity index (χ0n) is 13.0. The molecule has 0 unspecified atom stereocenters. The SMILES string of the molecule is NCCCNCCN.NCCCNCCNCCCN. The maximum absolute atomic E-state index is 5.34. The Kier molecular flexibility index (Phi) is 26.2. The number of hydrogen-bond acceptors (Lipinski definition) is 7. The van der Waals surface area contributed by atoms with E-state index in [1.807, 2.05) is 0 Å². The Morgan fingerprint density at radius 3 is 1.05 bits per heavy atom. The van der Waals surface area contributed by atoms with Gasteiger partial charge in [-0.15, -0.1) is 0 Å². The highest BCUT2D eigenvalue weighted by atomic mass is 14.9. The summed E-state index contributed by atoms with van der Waals surface area (Å²) in [5.41, 5.74) is 21.1. The molecule has 0 aromatic rings. The first-order valence-corrected chi connectivity index (χ1v) is 7.75. The van der Waals surface area contributed by atoms with Crippen LogP contribution in [0.1, 0.15) is 19.3 Å². The molecule has 7 heteroatoms. The minimum Gasteiger partial charge on any atom is -0.330 e. The Morgan fingerprint density at radius 2 is 0.750 bits per heavy atom. The fourth-order valence-corrected chi connectivity index (χ4v) is 1.34. The van der Waals surface area contributed by atoms with Crippen LogP contribution in [-0.4, -0.2) is 65.4 Å². The van der Waals surface area contributed by atoms with E-state index in [-0.39, 0.29) is 0 Å². The fourth-order valence-electron chi connectivity index (χ4n) is 1.34. The van der Waals surface area contributed by atoms with Crippen molar-refractivity contribution in [1.82, 2.24) is 16.0 Å². The molecule has 0 atom stereocenters. The molecule has 0 aromatic carbocycles. The molecule has 0 aliphatic carbocycles. The van der Waals surface area contributed by atoms with Crippen LogP contribution in [0.25, 0.3) is 0 Å². The third-order valence-electron chi connectivity index (χ3n) is 2.47. The fraction of sp³-hybridized carbons (Fsp3) is 1.00. The molecule has 0 saturated heterocycles. The average Bonchev–Trinajstić information content (AvgIpc) is 2.47. The van der Waals surface area contributed by atoms with Gasteiger partial charge in [0, 0.05) is 26.2 Å². The first-order valence-electron chi connectivity index (χ1n) is 7.75. The standard InChI is InChI=1S/C8H22N4.C5H15N3/c9-3-1-5-11-7-8-12-6-2-4-10;6-2-1-4-8-5-3-7/h11-12H,1-10H2;8H,1-7H2. The molecule has 0 saturated carbocycles. The van der Waals surface area contributed by atoms with Gasteiger partial charge in [-0.1, -0.05) is 0 Å². The van der Waals surface area contributed by atoms with Gasteiger partial charge in [-0.25, -0.2) is 0 Å². The Labute approximate surface area is 124 Å². The van der Waals surface area contributed by atoms with Crippen LogP contribution in [-0.2, 0) is 0 Å². The highest BCUT2D eigenvalue weighted by Gasteiger charge is 1.87. The third kappa shape index (κ3) is 26.3. The molecule has 11 N–H and O–H groups in total. The molecule has 0 spiro atoms. The molecule has 0 amide bonds. The summed E-state index contributed by atoms with van der Waals surface area (Å²) < 4.78 is 0. The van der Waals surface area contributed by atoms with Gasteiger partial charge in [0.25, 0.3) is 0 Å². The summed E-state index contributed by atoms with van der Waals surface area (Å²) >= 11 is 0. The van der Waals surface area contributed by atoms with Crippen molar-refractivity contribution < 1.29 is 0 Å². The number of hydrogen-bond donors (Lipinski definition) is 7.